The number of carbonyl (C=O) groups excluding carboxylic acids is 3. The van der Waals surface area contributed by atoms with E-state index in [1.165, 1.54) is 0 Å². The first kappa shape index (κ1) is 31.0. The van der Waals surface area contributed by atoms with Crippen LogP contribution >= 0.6 is 0 Å². The number of carboxylic acids is 3. The molecule has 0 radical (unpaired) electrons. The van der Waals surface area contributed by atoms with Gasteiger partial charge in [0.2, 0.25) is 0 Å². The largest absolute Gasteiger partial charge is 1.00 e. The van der Waals surface area contributed by atoms with Crippen LogP contribution in [0.4, 0.5) is 0 Å². The fourth-order valence-corrected chi connectivity index (χ4v) is 0.668. The number of carboxylic acid groups (broad SMARTS) is 3. The number of rotatable bonds is 5. The zero-order chi connectivity index (χ0) is 10.6. The molecule has 0 spiro atoms. The Bertz CT molecular complexity index is 245. The van der Waals surface area contributed by atoms with Crippen LogP contribution in [-0.2, 0) is 14.4 Å². The van der Waals surface area contributed by atoms with Crippen molar-refractivity contribution >= 4 is 17.9 Å². The average Bonchev–Trinajstić information content (AvgIpc) is 1.97. The molecular formula is C6H7Na3O8. The summed E-state index contributed by atoms with van der Waals surface area (Å²) in [5.41, 5.74) is 0. The van der Waals surface area contributed by atoms with Gasteiger partial charge < -0.3 is 40.3 Å². The van der Waals surface area contributed by atoms with Crippen molar-refractivity contribution in [1.82, 2.24) is 0 Å². The predicted octanol–water partition coefficient (Wildman–Crippen LogP) is -15.2. The molecule has 0 saturated carbocycles. The Labute approximate surface area is 163 Å². The maximum atomic E-state index is 10.1. The second-order valence-electron chi connectivity index (χ2n) is 2.27. The predicted molar refractivity (Wildman–Crippen MR) is 32.7 cm³/mol. The first-order valence-electron chi connectivity index (χ1n) is 3.16. The summed E-state index contributed by atoms with van der Waals surface area (Å²) in [6.07, 6.45) is -3.56. The molecule has 0 fully saturated rings. The molecule has 0 aliphatic carbocycles. The fourth-order valence-electron chi connectivity index (χ4n) is 0.668. The zero-order valence-electron chi connectivity index (χ0n) is 9.76. The van der Waals surface area contributed by atoms with Gasteiger partial charge in [-0.15, -0.1) is 0 Å². The van der Waals surface area contributed by atoms with Gasteiger partial charge in [-0.05, 0) is 6.42 Å². The second kappa shape index (κ2) is 15.4. The van der Waals surface area contributed by atoms with E-state index in [4.69, 9.17) is 5.11 Å². The average molecular weight is 276 g/mol. The minimum absolute atomic E-state index is 0. The Hall–Kier alpha value is 1.33. The number of hydrogen-bond acceptors (Lipinski definition) is 7. The van der Waals surface area contributed by atoms with Crippen molar-refractivity contribution < 1.29 is 129 Å². The van der Waals surface area contributed by atoms with Gasteiger partial charge in [-0.2, -0.15) is 0 Å². The van der Waals surface area contributed by atoms with E-state index < -0.39 is 36.4 Å². The number of carbonyl (C=O) groups is 3. The van der Waals surface area contributed by atoms with E-state index in [0.29, 0.717) is 0 Å². The molecule has 0 aromatic heterocycles. The van der Waals surface area contributed by atoms with E-state index in [9.17, 15) is 29.7 Å². The first-order chi connectivity index (χ1) is 5.86. The fraction of sp³-hybridized carbons (Fsp3) is 0.500. The Kier molecular flexibility index (Phi) is 28.0. The Balaban J connectivity index is -0.000000120. The Morgan fingerprint density at radius 2 is 1.29 bits per heavy atom. The van der Waals surface area contributed by atoms with Crippen molar-refractivity contribution in [2.45, 2.75) is 12.5 Å². The number of aliphatic hydroxyl groups is 1. The molecule has 0 saturated heterocycles. The molecule has 0 rings (SSSR count). The zero-order valence-corrected chi connectivity index (χ0v) is 15.8. The van der Waals surface area contributed by atoms with Crippen molar-refractivity contribution in [3.05, 3.63) is 0 Å². The second-order valence-corrected chi connectivity index (χ2v) is 2.27. The normalized spacial score (nSPS) is 11.1. The van der Waals surface area contributed by atoms with Crippen LogP contribution in [0.5, 0.6) is 0 Å². The van der Waals surface area contributed by atoms with Gasteiger partial charge in [-0.3, -0.25) is 0 Å². The van der Waals surface area contributed by atoms with Gasteiger partial charge >= 0.3 is 88.7 Å². The van der Waals surface area contributed by atoms with E-state index in [0.717, 1.165) is 0 Å². The Morgan fingerprint density at radius 3 is 1.47 bits per heavy atom. The molecule has 2 atom stereocenters. The van der Waals surface area contributed by atoms with Crippen molar-refractivity contribution in [2.24, 2.45) is 5.92 Å². The number of aliphatic carboxylic acids is 3. The van der Waals surface area contributed by atoms with Crippen LogP contribution in [0.1, 0.15) is 6.42 Å². The molecule has 0 aliphatic heterocycles. The molecule has 0 amide bonds. The van der Waals surface area contributed by atoms with Gasteiger partial charge in [0.1, 0.15) is 6.10 Å². The van der Waals surface area contributed by atoms with E-state index in [1.54, 1.807) is 0 Å². The summed E-state index contributed by atoms with van der Waals surface area (Å²) in [7, 11) is 0. The smallest absolute Gasteiger partial charge is 0.550 e. The molecule has 0 bridgehead atoms. The third-order valence-corrected chi connectivity index (χ3v) is 1.31. The summed E-state index contributed by atoms with van der Waals surface area (Å²) in [5, 5.41) is 38.6. The summed E-state index contributed by atoms with van der Waals surface area (Å²) in [5.74, 6) is -7.92. The minimum atomic E-state index is -2.41. The summed E-state index contributed by atoms with van der Waals surface area (Å²) in [4.78, 5) is 30.0. The third kappa shape index (κ3) is 13.6. The summed E-state index contributed by atoms with van der Waals surface area (Å²) in [6.45, 7) is 0. The van der Waals surface area contributed by atoms with Crippen molar-refractivity contribution in [3.8, 4) is 0 Å². The van der Waals surface area contributed by atoms with Crippen LogP contribution in [0.25, 0.3) is 0 Å². The van der Waals surface area contributed by atoms with Crippen LogP contribution in [0.3, 0.4) is 0 Å². The quantitative estimate of drug-likeness (QED) is 0.485. The van der Waals surface area contributed by atoms with Crippen molar-refractivity contribution in [3.63, 3.8) is 0 Å². The van der Waals surface area contributed by atoms with Crippen LogP contribution in [0, 0.1) is 5.92 Å². The molecule has 17 heavy (non-hydrogen) atoms. The molecule has 0 aliphatic rings. The summed E-state index contributed by atoms with van der Waals surface area (Å²) in [6, 6.07) is 0. The molecule has 11 heteroatoms. The maximum absolute atomic E-state index is 10.1. The van der Waals surface area contributed by atoms with Gasteiger partial charge in [0.25, 0.3) is 0 Å². The first-order valence-corrected chi connectivity index (χ1v) is 3.16. The van der Waals surface area contributed by atoms with E-state index in [2.05, 4.69) is 0 Å². The van der Waals surface area contributed by atoms with Gasteiger partial charge in [-0.25, -0.2) is 0 Å². The molecular weight excluding hydrogens is 269 g/mol. The number of hydrogen-bond donors (Lipinski definition) is 1. The minimum Gasteiger partial charge on any atom is -0.550 e. The SMILES string of the molecule is O.O=C([O-])C[C@@H](C(=O)[O-])[C@H](O)C(=O)[O-].[Na+].[Na+].[Na+]. The molecule has 0 aromatic carbocycles. The van der Waals surface area contributed by atoms with Crippen molar-refractivity contribution in [2.75, 3.05) is 0 Å². The molecule has 8 nitrogen and oxygen atoms in total. The summed E-state index contributed by atoms with van der Waals surface area (Å²) >= 11 is 0. The standard InChI is InChI=1S/C6H8O7.3Na.H2O/c7-3(8)1-2(5(10)11)4(9)6(12)13;;;;/h2,4,9H,1H2,(H,7,8)(H,10,11)(H,12,13);;;;1H2/q;3*+1;/p-3/t2-,4+;;;;/m1..../s1. The van der Waals surface area contributed by atoms with E-state index >= 15 is 0 Å². The molecule has 0 aromatic rings. The van der Waals surface area contributed by atoms with Gasteiger partial charge in [0.15, 0.2) is 0 Å². The Morgan fingerprint density at radius 1 is 0.941 bits per heavy atom. The topological polar surface area (TPSA) is 172 Å². The maximum Gasteiger partial charge on any atom is 1.00 e. The monoisotopic (exact) mass is 276 g/mol. The van der Waals surface area contributed by atoms with E-state index in [-0.39, 0.29) is 94.1 Å². The molecule has 82 valence electrons. The van der Waals surface area contributed by atoms with Crippen LogP contribution in [-0.4, -0.2) is 34.6 Å². The van der Waals surface area contributed by atoms with Crippen LogP contribution in [0.15, 0.2) is 0 Å². The van der Waals surface area contributed by atoms with Crippen molar-refractivity contribution in [1.29, 1.82) is 0 Å². The van der Waals surface area contributed by atoms with Gasteiger partial charge in [0, 0.05) is 17.9 Å². The van der Waals surface area contributed by atoms with Gasteiger partial charge in [0.05, 0.1) is 5.97 Å². The van der Waals surface area contributed by atoms with Crippen LogP contribution in [0.2, 0.25) is 0 Å². The number of aliphatic hydroxyl groups excluding tert-OH is 1. The van der Waals surface area contributed by atoms with E-state index in [1.807, 2.05) is 0 Å². The molecule has 3 N–H and O–H groups in total. The third-order valence-electron chi connectivity index (χ3n) is 1.31. The van der Waals surface area contributed by atoms with Crippen LogP contribution < -0.4 is 104 Å². The summed E-state index contributed by atoms with van der Waals surface area (Å²) < 4.78 is 0. The molecule has 0 unspecified atom stereocenters. The van der Waals surface area contributed by atoms with Gasteiger partial charge in [-0.1, -0.05) is 0 Å². The molecule has 0 heterocycles.